The fourth-order valence-corrected chi connectivity index (χ4v) is 2.87. The summed E-state index contributed by atoms with van der Waals surface area (Å²) in [5.41, 5.74) is 0.326. The number of alkyl halides is 3. The largest absolute Gasteiger partial charge is 0.433 e. The zero-order chi connectivity index (χ0) is 18.7. The van der Waals surface area contributed by atoms with E-state index in [4.69, 9.17) is 4.74 Å². The van der Waals surface area contributed by atoms with Crippen LogP contribution in [0.25, 0.3) is 0 Å². The van der Waals surface area contributed by atoms with Crippen molar-refractivity contribution in [3.8, 4) is 11.8 Å². The summed E-state index contributed by atoms with van der Waals surface area (Å²) in [4.78, 5) is 19.7. The van der Waals surface area contributed by atoms with Crippen LogP contribution in [0, 0.1) is 6.92 Å². The SMILES string of the molecule is Cc1ccsc1C(=O)Nc1ccc(Oc2nccc(C(F)(F)F)n2)cc1. The summed E-state index contributed by atoms with van der Waals surface area (Å²) < 4.78 is 43.2. The van der Waals surface area contributed by atoms with Gasteiger partial charge in [0.15, 0.2) is 5.69 Å². The lowest BCUT2D eigenvalue weighted by Crippen LogP contribution is -2.11. The minimum absolute atomic E-state index is 0.229. The van der Waals surface area contributed by atoms with Crippen molar-refractivity contribution in [3.05, 3.63) is 64.1 Å². The number of thiophene rings is 1. The van der Waals surface area contributed by atoms with E-state index in [0.29, 0.717) is 10.6 Å². The Kier molecular flexibility index (Phi) is 4.90. The number of aryl methyl sites for hydroxylation is 1. The van der Waals surface area contributed by atoms with Crippen LogP contribution in [0.4, 0.5) is 18.9 Å². The molecule has 1 aromatic carbocycles. The lowest BCUT2D eigenvalue weighted by atomic mass is 10.2. The zero-order valence-corrected chi connectivity index (χ0v) is 14.2. The van der Waals surface area contributed by atoms with Gasteiger partial charge in [0.1, 0.15) is 5.75 Å². The molecule has 26 heavy (non-hydrogen) atoms. The molecule has 134 valence electrons. The number of hydrogen-bond acceptors (Lipinski definition) is 5. The number of halogens is 3. The Morgan fingerprint density at radius 2 is 1.88 bits per heavy atom. The second kappa shape index (κ2) is 7.12. The monoisotopic (exact) mass is 379 g/mol. The van der Waals surface area contributed by atoms with Crippen molar-refractivity contribution in [1.82, 2.24) is 9.97 Å². The number of nitrogens with zero attached hydrogens (tertiary/aromatic N) is 2. The van der Waals surface area contributed by atoms with Gasteiger partial charge in [-0.15, -0.1) is 11.3 Å². The smallest absolute Gasteiger partial charge is 0.424 e. The molecule has 0 saturated carbocycles. The highest BCUT2D eigenvalue weighted by atomic mass is 32.1. The normalized spacial score (nSPS) is 11.2. The summed E-state index contributed by atoms with van der Waals surface area (Å²) in [6.45, 7) is 1.84. The molecule has 0 aliphatic carbocycles. The van der Waals surface area contributed by atoms with E-state index in [9.17, 15) is 18.0 Å². The van der Waals surface area contributed by atoms with Gasteiger partial charge in [-0.1, -0.05) is 0 Å². The Morgan fingerprint density at radius 3 is 2.50 bits per heavy atom. The number of aromatic nitrogens is 2. The predicted molar refractivity (Wildman–Crippen MR) is 90.6 cm³/mol. The lowest BCUT2D eigenvalue weighted by molar-refractivity contribution is -0.141. The molecular formula is C17H12F3N3O2S. The molecule has 0 radical (unpaired) electrons. The zero-order valence-electron chi connectivity index (χ0n) is 13.4. The highest BCUT2D eigenvalue weighted by molar-refractivity contribution is 7.12. The molecule has 0 aliphatic heterocycles. The third kappa shape index (κ3) is 4.17. The topological polar surface area (TPSA) is 64.1 Å². The number of amides is 1. The Morgan fingerprint density at radius 1 is 1.15 bits per heavy atom. The van der Waals surface area contributed by atoms with Gasteiger partial charge in [0.2, 0.25) is 0 Å². The van der Waals surface area contributed by atoms with Crippen molar-refractivity contribution < 1.29 is 22.7 Å². The fourth-order valence-electron chi connectivity index (χ4n) is 2.05. The standard InChI is InChI=1S/C17H12F3N3O2S/c1-10-7-9-26-14(10)15(24)22-11-2-4-12(5-3-11)25-16-21-8-6-13(23-16)17(18,19)20/h2-9H,1H3,(H,22,24). The number of carbonyl (C=O) groups excluding carboxylic acids is 1. The Hall–Kier alpha value is -2.94. The first-order valence-electron chi connectivity index (χ1n) is 7.36. The van der Waals surface area contributed by atoms with Crippen LogP contribution in [0.15, 0.2) is 48.0 Å². The molecule has 0 unspecified atom stereocenters. The van der Waals surface area contributed by atoms with Gasteiger partial charge in [0, 0.05) is 11.9 Å². The van der Waals surface area contributed by atoms with E-state index >= 15 is 0 Å². The Bertz CT molecular complexity index is 924. The summed E-state index contributed by atoms with van der Waals surface area (Å²) in [7, 11) is 0. The summed E-state index contributed by atoms with van der Waals surface area (Å²) in [5.74, 6) is 0.0157. The van der Waals surface area contributed by atoms with Gasteiger partial charge in [0.25, 0.3) is 5.91 Å². The van der Waals surface area contributed by atoms with Crippen LogP contribution in [0.2, 0.25) is 0 Å². The number of nitrogens with one attached hydrogen (secondary N) is 1. The van der Waals surface area contributed by atoms with E-state index in [2.05, 4.69) is 15.3 Å². The van der Waals surface area contributed by atoms with Gasteiger partial charge >= 0.3 is 12.2 Å². The highest BCUT2D eigenvalue weighted by Gasteiger charge is 2.33. The van der Waals surface area contributed by atoms with Crippen LogP contribution in [0.1, 0.15) is 20.9 Å². The van der Waals surface area contributed by atoms with Crippen LogP contribution in [0.5, 0.6) is 11.8 Å². The molecule has 1 amide bonds. The van der Waals surface area contributed by atoms with Gasteiger partial charge in [0.05, 0.1) is 4.88 Å². The van der Waals surface area contributed by atoms with Gasteiger partial charge in [-0.2, -0.15) is 18.2 Å². The van der Waals surface area contributed by atoms with Crippen molar-refractivity contribution in [3.63, 3.8) is 0 Å². The Labute approximate surface area is 150 Å². The fraction of sp³-hybridized carbons (Fsp3) is 0.118. The molecule has 0 fully saturated rings. The number of rotatable bonds is 4. The first-order valence-corrected chi connectivity index (χ1v) is 8.24. The van der Waals surface area contributed by atoms with Crippen LogP contribution < -0.4 is 10.1 Å². The molecule has 0 saturated heterocycles. The number of hydrogen-bond donors (Lipinski definition) is 1. The van der Waals surface area contributed by atoms with Crippen LogP contribution in [-0.4, -0.2) is 15.9 Å². The number of benzene rings is 1. The molecule has 0 spiro atoms. The molecule has 9 heteroatoms. The summed E-state index contributed by atoms with van der Waals surface area (Å²) in [6.07, 6.45) is -3.60. The average molecular weight is 379 g/mol. The van der Waals surface area contributed by atoms with Crippen LogP contribution >= 0.6 is 11.3 Å². The van der Waals surface area contributed by atoms with E-state index in [0.717, 1.165) is 17.8 Å². The second-order valence-electron chi connectivity index (χ2n) is 5.24. The van der Waals surface area contributed by atoms with Crippen molar-refractivity contribution in [2.24, 2.45) is 0 Å². The van der Waals surface area contributed by atoms with Gasteiger partial charge in [-0.3, -0.25) is 4.79 Å². The van der Waals surface area contributed by atoms with Gasteiger partial charge in [-0.05, 0) is 54.3 Å². The molecular weight excluding hydrogens is 367 g/mol. The Balaban J connectivity index is 1.68. The van der Waals surface area contributed by atoms with E-state index in [1.807, 2.05) is 18.4 Å². The van der Waals surface area contributed by atoms with E-state index < -0.39 is 17.9 Å². The lowest BCUT2D eigenvalue weighted by Gasteiger charge is -2.09. The maximum absolute atomic E-state index is 12.6. The summed E-state index contributed by atoms with van der Waals surface area (Å²) in [6, 6.07) is 8.35. The third-order valence-corrected chi connectivity index (χ3v) is 4.33. The predicted octanol–water partition coefficient (Wildman–Crippen LogP) is 4.91. The second-order valence-corrected chi connectivity index (χ2v) is 6.15. The van der Waals surface area contributed by atoms with Crippen molar-refractivity contribution in [2.75, 3.05) is 5.32 Å². The molecule has 5 nitrogen and oxygen atoms in total. The van der Waals surface area contributed by atoms with Crippen LogP contribution in [-0.2, 0) is 6.18 Å². The van der Waals surface area contributed by atoms with E-state index in [1.165, 1.54) is 23.5 Å². The molecule has 0 bridgehead atoms. The van der Waals surface area contributed by atoms with E-state index in [1.54, 1.807) is 12.1 Å². The quantitative estimate of drug-likeness (QED) is 0.700. The highest BCUT2D eigenvalue weighted by Crippen LogP contribution is 2.29. The third-order valence-electron chi connectivity index (χ3n) is 3.31. The number of ether oxygens (including phenoxy) is 1. The average Bonchev–Trinajstić information content (AvgIpc) is 3.02. The molecule has 2 heterocycles. The van der Waals surface area contributed by atoms with Crippen LogP contribution in [0.3, 0.4) is 0 Å². The summed E-state index contributed by atoms with van der Waals surface area (Å²) >= 11 is 1.34. The number of carbonyl (C=O) groups is 1. The molecule has 3 aromatic rings. The minimum Gasteiger partial charge on any atom is -0.424 e. The molecule has 3 rings (SSSR count). The van der Waals surface area contributed by atoms with E-state index in [-0.39, 0.29) is 11.7 Å². The molecule has 0 aliphatic rings. The first kappa shape index (κ1) is 17.9. The first-order chi connectivity index (χ1) is 12.3. The van der Waals surface area contributed by atoms with Crippen molar-refractivity contribution in [1.29, 1.82) is 0 Å². The minimum atomic E-state index is -4.57. The maximum atomic E-state index is 12.6. The van der Waals surface area contributed by atoms with Gasteiger partial charge in [-0.25, -0.2) is 4.98 Å². The van der Waals surface area contributed by atoms with Gasteiger partial charge < -0.3 is 10.1 Å². The molecule has 2 aromatic heterocycles. The summed E-state index contributed by atoms with van der Waals surface area (Å²) in [5, 5.41) is 4.57. The number of anilines is 1. The van der Waals surface area contributed by atoms with Crippen molar-refractivity contribution in [2.45, 2.75) is 13.1 Å². The van der Waals surface area contributed by atoms with Crippen molar-refractivity contribution >= 4 is 22.9 Å². The molecule has 1 N–H and O–H groups in total. The maximum Gasteiger partial charge on any atom is 0.433 e. The molecule has 0 atom stereocenters.